The first-order valence-electron chi connectivity index (χ1n) is 6.21. The van der Waals surface area contributed by atoms with Crippen LogP contribution in [0, 0.1) is 0 Å². The predicted octanol–water partition coefficient (Wildman–Crippen LogP) is 0.485. The summed E-state index contributed by atoms with van der Waals surface area (Å²) < 4.78 is 10.1. The first-order chi connectivity index (χ1) is 8.56. The van der Waals surface area contributed by atoms with Gasteiger partial charge in [-0.1, -0.05) is 12.8 Å². The standard InChI is InChI=1S/C12H23N3O3/c1-15(14)9-6-4-3-5-7-10(12(9)13)18-8-11(16)17-2/h10H,3-8,13-14H2,1-2H3/b12-9-. The predicted molar refractivity (Wildman–Crippen MR) is 68.0 cm³/mol. The molecule has 0 radical (unpaired) electrons. The second kappa shape index (κ2) is 7.23. The molecule has 0 saturated carbocycles. The van der Waals surface area contributed by atoms with Gasteiger partial charge in [0, 0.05) is 7.05 Å². The molecule has 18 heavy (non-hydrogen) atoms. The molecule has 6 nitrogen and oxygen atoms in total. The van der Waals surface area contributed by atoms with Crippen LogP contribution in [0.4, 0.5) is 0 Å². The Kier molecular flexibility index (Phi) is 5.94. The molecule has 0 heterocycles. The Morgan fingerprint density at radius 2 is 2.17 bits per heavy atom. The molecule has 1 unspecified atom stereocenters. The number of rotatable bonds is 4. The number of carbonyl (C=O) groups excluding carboxylic acids is 1. The highest BCUT2D eigenvalue weighted by Gasteiger charge is 2.21. The number of carbonyl (C=O) groups is 1. The highest BCUT2D eigenvalue weighted by Crippen LogP contribution is 2.23. The highest BCUT2D eigenvalue weighted by atomic mass is 16.6. The molecule has 1 aliphatic carbocycles. The average molecular weight is 257 g/mol. The maximum atomic E-state index is 11.1. The third kappa shape index (κ3) is 4.19. The SMILES string of the molecule is COC(=O)COC1CCCCC/C(N(C)N)=C\1N. The number of nitrogens with zero attached hydrogens (tertiary/aromatic N) is 1. The molecule has 104 valence electrons. The number of ether oxygens (including phenoxy) is 2. The van der Waals surface area contributed by atoms with Gasteiger partial charge in [-0.25, -0.2) is 10.6 Å². The van der Waals surface area contributed by atoms with Crippen LogP contribution in [0.25, 0.3) is 0 Å². The zero-order valence-electron chi connectivity index (χ0n) is 11.1. The lowest BCUT2D eigenvalue weighted by Gasteiger charge is -2.27. The number of hydrogen-bond donors (Lipinski definition) is 2. The third-order valence-corrected chi connectivity index (χ3v) is 3.12. The molecule has 0 saturated heterocycles. The molecule has 0 aliphatic heterocycles. The van der Waals surface area contributed by atoms with Crippen molar-refractivity contribution in [3.8, 4) is 0 Å². The fourth-order valence-corrected chi connectivity index (χ4v) is 2.07. The molecular weight excluding hydrogens is 234 g/mol. The Balaban J connectivity index is 2.74. The summed E-state index contributed by atoms with van der Waals surface area (Å²) in [5.74, 6) is 5.37. The van der Waals surface area contributed by atoms with E-state index in [1.165, 1.54) is 12.1 Å². The summed E-state index contributed by atoms with van der Waals surface area (Å²) in [7, 11) is 3.10. The minimum atomic E-state index is -0.396. The van der Waals surface area contributed by atoms with Gasteiger partial charge in [0.1, 0.15) is 6.61 Å². The van der Waals surface area contributed by atoms with Gasteiger partial charge in [0.2, 0.25) is 0 Å². The van der Waals surface area contributed by atoms with Gasteiger partial charge in [0.15, 0.2) is 0 Å². The van der Waals surface area contributed by atoms with Crippen molar-refractivity contribution in [1.29, 1.82) is 0 Å². The zero-order chi connectivity index (χ0) is 13.5. The lowest BCUT2D eigenvalue weighted by Crippen LogP contribution is -2.34. The largest absolute Gasteiger partial charge is 0.467 e. The van der Waals surface area contributed by atoms with Crippen molar-refractivity contribution in [1.82, 2.24) is 5.01 Å². The van der Waals surface area contributed by atoms with Gasteiger partial charge in [-0.2, -0.15) is 0 Å². The van der Waals surface area contributed by atoms with E-state index < -0.39 is 5.97 Å². The Labute approximate surface area is 108 Å². The molecule has 6 heteroatoms. The summed E-state index contributed by atoms with van der Waals surface area (Å²) in [6.45, 7) is -0.0799. The lowest BCUT2D eigenvalue weighted by molar-refractivity contribution is -0.147. The van der Waals surface area contributed by atoms with Crippen molar-refractivity contribution in [2.45, 2.75) is 38.2 Å². The van der Waals surface area contributed by atoms with E-state index in [1.807, 2.05) is 0 Å². The summed E-state index contributed by atoms with van der Waals surface area (Å²) in [5, 5.41) is 1.54. The van der Waals surface area contributed by atoms with Crippen molar-refractivity contribution < 1.29 is 14.3 Å². The van der Waals surface area contributed by atoms with Gasteiger partial charge in [-0.15, -0.1) is 0 Å². The van der Waals surface area contributed by atoms with E-state index in [-0.39, 0.29) is 12.7 Å². The van der Waals surface area contributed by atoms with E-state index in [0.717, 1.165) is 37.8 Å². The van der Waals surface area contributed by atoms with Crippen molar-refractivity contribution in [3.05, 3.63) is 11.4 Å². The smallest absolute Gasteiger partial charge is 0.331 e. The van der Waals surface area contributed by atoms with E-state index in [9.17, 15) is 4.79 Å². The molecule has 0 aromatic rings. The summed E-state index contributed by atoms with van der Waals surface area (Å²) in [5.41, 5.74) is 7.62. The van der Waals surface area contributed by atoms with E-state index in [0.29, 0.717) is 5.70 Å². The number of hydrazine groups is 1. The van der Waals surface area contributed by atoms with Crippen LogP contribution >= 0.6 is 0 Å². The molecule has 0 spiro atoms. The summed E-state index contributed by atoms with van der Waals surface area (Å²) in [4.78, 5) is 11.1. The maximum absolute atomic E-state index is 11.1. The Bertz CT molecular complexity index is 316. The van der Waals surface area contributed by atoms with Gasteiger partial charge in [0.25, 0.3) is 0 Å². The number of allylic oxidation sites excluding steroid dienone is 1. The summed E-state index contributed by atoms with van der Waals surface area (Å²) in [6.07, 6.45) is 4.61. The normalized spacial score (nSPS) is 25.2. The number of nitrogens with two attached hydrogens (primary N) is 2. The van der Waals surface area contributed by atoms with Crippen LogP contribution in [0.15, 0.2) is 11.4 Å². The molecule has 0 fully saturated rings. The first-order valence-corrected chi connectivity index (χ1v) is 6.21. The fraction of sp³-hybridized carbons (Fsp3) is 0.750. The molecule has 1 aliphatic rings. The Morgan fingerprint density at radius 1 is 1.44 bits per heavy atom. The minimum absolute atomic E-state index is 0.0799. The number of esters is 1. The quantitative estimate of drug-likeness (QED) is 0.432. The second-order valence-corrected chi connectivity index (χ2v) is 4.49. The third-order valence-electron chi connectivity index (χ3n) is 3.12. The van der Waals surface area contributed by atoms with Crippen LogP contribution in [0.2, 0.25) is 0 Å². The van der Waals surface area contributed by atoms with Crippen molar-refractivity contribution >= 4 is 5.97 Å². The van der Waals surface area contributed by atoms with Crippen LogP contribution in [-0.2, 0) is 14.3 Å². The van der Waals surface area contributed by atoms with Gasteiger partial charge in [0.05, 0.1) is 24.6 Å². The van der Waals surface area contributed by atoms with Crippen LogP contribution in [0.5, 0.6) is 0 Å². The van der Waals surface area contributed by atoms with Gasteiger partial charge in [-0.3, -0.25) is 0 Å². The van der Waals surface area contributed by atoms with E-state index in [4.69, 9.17) is 16.3 Å². The van der Waals surface area contributed by atoms with Crippen LogP contribution in [0.1, 0.15) is 32.1 Å². The van der Waals surface area contributed by atoms with Crippen LogP contribution < -0.4 is 11.6 Å². The van der Waals surface area contributed by atoms with Gasteiger partial charge < -0.3 is 20.2 Å². The Hall–Kier alpha value is -1.27. The average Bonchev–Trinajstić information content (AvgIpc) is 2.32. The van der Waals surface area contributed by atoms with E-state index in [1.54, 1.807) is 7.05 Å². The topological polar surface area (TPSA) is 90.8 Å². The van der Waals surface area contributed by atoms with Crippen LogP contribution in [-0.4, -0.2) is 37.8 Å². The second-order valence-electron chi connectivity index (χ2n) is 4.49. The maximum Gasteiger partial charge on any atom is 0.331 e. The molecule has 0 aromatic carbocycles. The lowest BCUT2D eigenvalue weighted by atomic mass is 9.99. The van der Waals surface area contributed by atoms with Gasteiger partial charge in [-0.05, 0) is 19.3 Å². The van der Waals surface area contributed by atoms with Crippen LogP contribution in [0.3, 0.4) is 0 Å². The Morgan fingerprint density at radius 3 is 2.78 bits per heavy atom. The van der Waals surface area contributed by atoms with E-state index >= 15 is 0 Å². The molecule has 1 rings (SSSR count). The molecule has 0 amide bonds. The van der Waals surface area contributed by atoms with Crippen molar-refractivity contribution in [2.75, 3.05) is 20.8 Å². The molecule has 4 N–H and O–H groups in total. The molecular formula is C12H23N3O3. The highest BCUT2D eigenvalue weighted by molar-refractivity contribution is 5.70. The number of hydrogen-bond acceptors (Lipinski definition) is 6. The van der Waals surface area contributed by atoms with Crippen molar-refractivity contribution in [3.63, 3.8) is 0 Å². The monoisotopic (exact) mass is 257 g/mol. The molecule has 1 atom stereocenters. The van der Waals surface area contributed by atoms with Gasteiger partial charge >= 0.3 is 5.97 Å². The fourth-order valence-electron chi connectivity index (χ4n) is 2.07. The van der Waals surface area contributed by atoms with E-state index in [2.05, 4.69) is 4.74 Å². The first kappa shape index (κ1) is 14.8. The molecule has 0 aromatic heterocycles. The summed E-state index contributed by atoms with van der Waals surface area (Å²) >= 11 is 0. The molecule has 0 bridgehead atoms. The minimum Gasteiger partial charge on any atom is -0.467 e. The zero-order valence-corrected chi connectivity index (χ0v) is 11.1. The summed E-state index contributed by atoms with van der Waals surface area (Å²) in [6, 6.07) is 0. The number of methoxy groups -OCH3 is 1. The van der Waals surface area contributed by atoms with Crippen molar-refractivity contribution in [2.24, 2.45) is 11.6 Å².